The van der Waals surface area contributed by atoms with Gasteiger partial charge in [0.15, 0.2) is 0 Å². The van der Waals surface area contributed by atoms with E-state index in [4.69, 9.17) is 10.5 Å². The summed E-state index contributed by atoms with van der Waals surface area (Å²) in [5.41, 5.74) is 5.70. The standard InChI is InChI=1S/C6H13NO.C2H6.H2/c1-5-4-8-3-2-6(5)7;1-2;/h5-6H,2-4,7H2,1H3;1-2H3;1H/t5-,6+;;/m0../s1. The third-order valence-corrected chi connectivity index (χ3v) is 1.71. The van der Waals surface area contributed by atoms with E-state index in [1.807, 2.05) is 13.8 Å². The summed E-state index contributed by atoms with van der Waals surface area (Å²) in [5, 5.41) is 0. The molecule has 0 bridgehead atoms. The summed E-state index contributed by atoms with van der Waals surface area (Å²) in [5.74, 6) is 0.559. The summed E-state index contributed by atoms with van der Waals surface area (Å²) >= 11 is 0. The molecule has 64 valence electrons. The zero-order valence-electron chi connectivity index (χ0n) is 7.26. The maximum absolute atomic E-state index is 5.70. The van der Waals surface area contributed by atoms with Gasteiger partial charge in [0.2, 0.25) is 0 Å². The fourth-order valence-corrected chi connectivity index (χ4v) is 0.897. The van der Waals surface area contributed by atoms with Crippen LogP contribution in [0.15, 0.2) is 0 Å². The molecule has 10 heavy (non-hydrogen) atoms. The van der Waals surface area contributed by atoms with E-state index in [1.165, 1.54) is 0 Å². The van der Waals surface area contributed by atoms with Crippen LogP contribution in [0.5, 0.6) is 0 Å². The summed E-state index contributed by atoms with van der Waals surface area (Å²) in [6, 6.07) is 0.378. The molecule has 1 rings (SSSR count). The highest BCUT2D eigenvalue weighted by atomic mass is 16.5. The molecule has 1 heterocycles. The molecule has 0 aromatic rings. The highest BCUT2D eigenvalue weighted by Gasteiger charge is 2.16. The molecule has 1 fully saturated rings. The molecule has 2 heteroatoms. The molecular weight excluding hydrogens is 126 g/mol. The highest BCUT2D eigenvalue weighted by molar-refractivity contribution is 4.71. The van der Waals surface area contributed by atoms with Crippen molar-refractivity contribution in [3.63, 3.8) is 0 Å². The average molecular weight is 147 g/mol. The summed E-state index contributed by atoms with van der Waals surface area (Å²) in [6.45, 7) is 7.83. The minimum atomic E-state index is 0. The van der Waals surface area contributed by atoms with Crippen molar-refractivity contribution in [3.8, 4) is 0 Å². The second kappa shape index (κ2) is 5.69. The molecule has 2 N–H and O–H groups in total. The molecule has 0 spiro atoms. The molecule has 1 aliphatic rings. The first-order chi connectivity index (χ1) is 4.80. The molecule has 0 unspecified atom stereocenters. The molecule has 1 saturated heterocycles. The largest absolute Gasteiger partial charge is 0.381 e. The van der Waals surface area contributed by atoms with Gasteiger partial charge in [-0.1, -0.05) is 20.8 Å². The van der Waals surface area contributed by atoms with Crippen LogP contribution >= 0.6 is 0 Å². The summed E-state index contributed by atoms with van der Waals surface area (Å²) in [6.07, 6.45) is 1.03. The normalized spacial score (nSPS) is 32.4. The van der Waals surface area contributed by atoms with Crippen molar-refractivity contribution in [2.24, 2.45) is 11.7 Å². The Hall–Kier alpha value is -0.0800. The van der Waals surface area contributed by atoms with E-state index in [2.05, 4.69) is 6.92 Å². The first kappa shape index (κ1) is 9.92. The molecule has 0 saturated carbocycles. The van der Waals surface area contributed by atoms with Crippen LogP contribution in [0.25, 0.3) is 0 Å². The van der Waals surface area contributed by atoms with Crippen LogP contribution in [-0.2, 0) is 4.74 Å². The SMILES string of the molecule is CC.C[C@H]1COCC[C@H]1N.[HH]. The van der Waals surface area contributed by atoms with Gasteiger partial charge in [0.05, 0.1) is 6.61 Å². The fraction of sp³-hybridized carbons (Fsp3) is 1.00. The van der Waals surface area contributed by atoms with E-state index in [-0.39, 0.29) is 1.43 Å². The van der Waals surface area contributed by atoms with Crippen molar-refractivity contribution in [3.05, 3.63) is 0 Å². The molecule has 0 aromatic heterocycles. The lowest BCUT2D eigenvalue weighted by Crippen LogP contribution is -2.36. The van der Waals surface area contributed by atoms with Crippen LogP contribution in [-0.4, -0.2) is 19.3 Å². The number of rotatable bonds is 0. The molecular formula is C8H21NO. The molecule has 0 amide bonds. The van der Waals surface area contributed by atoms with Crippen molar-refractivity contribution in [2.75, 3.05) is 13.2 Å². The van der Waals surface area contributed by atoms with Crippen LogP contribution < -0.4 is 5.73 Å². The van der Waals surface area contributed by atoms with Gasteiger partial charge in [0.25, 0.3) is 0 Å². The Morgan fingerprint density at radius 2 is 2.10 bits per heavy atom. The summed E-state index contributed by atoms with van der Waals surface area (Å²) < 4.78 is 5.17. The third kappa shape index (κ3) is 3.18. The van der Waals surface area contributed by atoms with Crippen LogP contribution in [0.4, 0.5) is 0 Å². The zero-order chi connectivity index (χ0) is 7.98. The van der Waals surface area contributed by atoms with Gasteiger partial charge in [-0.15, -0.1) is 0 Å². The van der Waals surface area contributed by atoms with Gasteiger partial charge >= 0.3 is 0 Å². The van der Waals surface area contributed by atoms with Gasteiger partial charge in [0.1, 0.15) is 0 Å². The van der Waals surface area contributed by atoms with E-state index in [0.29, 0.717) is 12.0 Å². The van der Waals surface area contributed by atoms with Crippen molar-refractivity contribution in [1.29, 1.82) is 0 Å². The second-order valence-corrected chi connectivity index (χ2v) is 2.50. The highest BCUT2D eigenvalue weighted by Crippen LogP contribution is 2.10. The van der Waals surface area contributed by atoms with Gasteiger partial charge in [-0.3, -0.25) is 0 Å². The molecule has 2 nitrogen and oxygen atoms in total. The quantitative estimate of drug-likeness (QED) is 0.565. The van der Waals surface area contributed by atoms with E-state index >= 15 is 0 Å². The first-order valence-corrected chi connectivity index (χ1v) is 4.14. The van der Waals surface area contributed by atoms with Gasteiger partial charge in [-0.25, -0.2) is 0 Å². The van der Waals surface area contributed by atoms with E-state index in [9.17, 15) is 0 Å². The smallest absolute Gasteiger partial charge is 0.0506 e. The van der Waals surface area contributed by atoms with Crippen LogP contribution in [0.1, 0.15) is 28.6 Å². The zero-order valence-corrected chi connectivity index (χ0v) is 7.26. The van der Waals surface area contributed by atoms with Crippen LogP contribution in [0.2, 0.25) is 0 Å². The lowest BCUT2D eigenvalue weighted by molar-refractivity contribution is 0.0491. The van der Waals surface area contributed by atoms with E-state index < -0.39 is 0 Å². The number of hydrogen-bond acceptors (Lipinski definition) is 2. The van der Waals surface area contributed by atoms with Gasteiger partial charge in [-0.2, -0.15) is 0 Å². The number of nitrogens with two attached hydrogens (primary N) is 1. The molecule has 2 atom stereocenters. The minimum absolute atomic E-state index is 0. The summed E-state index contributed by atoms with van der Waals surface area (Å²) in [7, 11) is 0. The Balaban J connectivity index is 0. The van der Waals surface area contributed by atoms with Gasteiger partial charge in [0, 0.05) is 14.1 Å². The third-order valence-electron chi connectivity index (χ3n) is 1.71. The monoisotopic (exact) mass is 147 g/mol. The van der Waals surface area contributed by atoms with Crippen molar-refractivity contribution >= 4 is 0 Å². The van der Waals surface area contributed by atoms with E-state index in [0.717, 1.165) is 19.6 Å². The first-order valence-electron chi connectivity index (χ1n) is 4.14. The number of ether oxygens (including phenoxy) is 1. The van der Waals surface area contributed by atoms with Crippen molar-refractivity contribution in [2.45, 2.75) is 33.2 Å². The van der Waals surface area contributed by atoms with Crippen molar-refractivity contribution < 1.29 is 6.16 Å². The van der Waals surface area contributed by atoms with Crippen LogP contribution in [0, 0.1) is 5.92 Å². The lowest BCUT2D eigenvalue weighted by Gasteiger charge is -2.24. The number of hydrogen-bond donors (Lipinski definition) is 1. The molecule has 1 aliphatic heterocycles. The van der Waals surface area contributed by atoms with Gasteiger partial charge in [-0.05, 0) is 12.3 Å². The molecule has 0 radical (unpaired) electrons. The van der Waals surface area contributed by atoms with Crippen LogP contribution in [0.3, 0.4) is 0 Å². The van der Waals surface area contributed by atoms with E-state index in [1.54, 1.807) is 0 Å². The molecule has 0 aliphatic carbocycles. The molecule has 0 aromatic carbocycles. The Morgan fingerprint density at radius 3 is 2.40 bits per heavy atom. The average Bonchev–Trinajstić information content (AvgIpc) is 2.00. The predicted octanol–water partition coefficient (Wildman–Crippen LogP) is 1.64. The summed E-state index contributed by atoms with van der Waals surface area (Å²) in [4.78, 5) is 0. The Bertz CT molecular complexity index is 70.5. The maximum Gasteiger partial charge on any atom is 0.0506 e. The van der Waals surface area contributed by atoms with Gasteiger partial charge < -0.3 is 10.5 Å². The minimum Gasteiger partial charge on any atom is -0.381 e. The fourth-order valence-electron chi connectivity index (χ4n) is 0.897. The Morgan fingerprint density at radius 1 is 1.50 bits per heavy atom. The Labute approximate surface area is 65.2 Å². The van der Waals surface area contributed by atoms with Crippen molar-refractivity contribution in [1.82, 2.24) is 0 Å². The maximum atomic E-state index is 5.70. The lowest BCUT2D eigenvalue weighted by atomic mass is 9.99. The topological polar surface area (TPSA) is 35.2 Å². The second-order valence-electron chi connectivity index (χ2n) is 2.50. The predicted molar refractivity (Wildman–Crippen MR) is 46.0 cm³/mol. The Kier molecular flexibility index (Phi) is 5.64.